The summed E-state index contributed by atoms with van der Waals surface area (Å²) in [7, 11) is 0. The van der Waals surface area contributed by atoms with Gasteiger partial charge in [-0.15, -0.1) is 0 Å². The summed E-state index contributed by atoms with van der Waals surface area (Å²) in [6, 6.07) is 11.1. The Labute approximate surface area is 135 Å². The van der Waals surface area contributed by atoms with E-state index in [0.717, 1.165) is 16.3 Å². The summed E-state index contributed by atoms with van der Waals surface area (Å²) >= 11 is 6.10. The predicted molar refractivity (Wildman–Crippen MR) is 90.3 cm³/mol. The summed E-state index contributed by atoms with van der Waals surface area (Å²) < 4.78 is 0. The van der Waals surface area contributed by atoms with Crippen molar-refractivity contribution in [2.24, 2.45) is 0 Å². The van der Waals surface area contributed by atoms with Crippen LogP contribution in [0.5, 0.6) is 0 Å². The highest BCUT2D eigenvalue weighted by Crippen LogP contribution is 2.17. The molecular weight excluding hydrogens is 300 g/mol. The fourth-order valence-electron chi connectivity index (χ4n) is 1.83. The second-order valence-corrected chi connectivity index (χ2v) is 5.54. The maximum Gasteiger partial charge on any atom is 0.320 e. The number of anilines is 2. The van der Waals surface area contributed by atoms with E-state index < -0.39 is 0 Å². The number of nitrogens with one attached hydrogen (secondary N) is 3. The molecule has 5 nitrogen and oxygen atoms in total. The minimum absolute atomic E-state index is 0.0801. The minimum Gasteiger partial charge on any atom is -0.380 e. The van der Waals surface area contributed by atoms with Crippen LogP contribution in [0.2, 0.25) is 5.02 Å². The Hall–Kier alpha value is -2.27. The molecule has 2 rings (SSSR count). The standard InChI is InChI=1S/C16H19ClN4O/c1-11(2)20-16(22)21-15-8-7-13(10-19-15)18-9-12-5-3-4-6-14(12)17/h3-8,10-11,18H,9H2,1-2H3,(H2,19,20,21,22). The van der Waals surface area contributed by atoms with Gasteiger partial charge in [0.05, 0.1) is 11.9 Å². The molecule has 2 amide bonds. The van der Waals surface area contributed by atoms with Gasteiger partial charge in [0.2, 0.25) is 0 Å². The third-order valence-electron chi connectivity index (χ3n) is 2.87. The number of rotatable bonds is 5. The number of carbonyl (C=O) groups excluding carboxylic acids is 1. The SMILES string of the molecule is CC(C)NC(=O)Nc1ccc(NCc2ccccc2Cl)cn1. The fraction of sp³-hybridized carbons (Fsp3) is 0.250. The summed E-state index contributed by atoms with van der Waals surface area (Å²) in [6.07, 6.45) is 1.67. The Kier molecular flexibility index (Phi) is 5.61. The van der Waals surface area contributed by atoms with Crippen LogP contribution in [-0.4, -0.2) is 17.1 Å². The lowest BCUT2D eigenvalue weighted by Gasteiger charge is -2.11. The molecule has 0 saturated heterocycles. The lowest BCUT2D eigenvalue weighted by Crippen LogP contribution is -2.34. The summed E-state index contributed by atoms with van der Waals surface area (Å²) in [5.74, 6) is 0.501. The molecular formula is C16H19ClN4O. The number of carbonyl (C=O) groups is 1. The summed E-state index contributed by atoms with van der Waals surface area (Å²) in [6.45, 7) is 4.41. The van der Waals surface area contributed by atoms with Crippen LogP contribution in [0.4, 0.5) is 16.3 Å². The van der Waals surface area contributed by atoms with E-state index in [2.05, 4.69) is 20.9 Å². The van der Waals surface area contributed by atoms with Crippen molar-refractivity contribution in [2.75, 3.05) is 10.6 Å². The molecule has 0 fully saturated rings. The van der Waals surface area contributed by atoms with E-state index in [9.17, 15) is 4.79 Å². The van der Waals surface area contributed by atoms with E-state index in [4.69, 9.17) is 11.6 Å². The highest BCUT2D eigenvalue weighted by atomic mass is 35.5. The summed E-state index contributed by atoms with van der Waals surface area (Å²) in [5, 5.41) is 9.38. The topological polar surface area (TPSA) is 66.1 Å². The summed E-state index contributed by atoms with van der Waals surface area (Å²) in [4.78, 5) is 15.8. The Morgan fingerprint density at radius 3 is 2.64 bits per heavy atom. The maximum absolute atomic E-state index is 11.6. The number of amides is 2. The van der Waals surface area contributed by atoms with Gasteiger partial charge < -0.3 is 10.6 Å². The first-order valence-electron chi connectivity index (χ1n) is 7.05. The molecule has 3 N–H and O–H groups in total. The van der Waals surface area contributed by atoms with Crippen LogP contribution in [0, 0.1) is 0 Å². The predicted octanol–water partition coefficient (Wildman–Crippen LogP) is 3.88. The molecule has 116 valence electrons. The molecule has 22 heavy (non-hydrogen) atoms. The Morgan fingerprint density at radius 1 is 1.23 bits per heavy atom. The highest BCUT2D eigenvalue weighted by Gasteiger charge is 2.04. The zero-order chi connectivity index (χ0) is 15.9. The molecule has 0 unspecified atom stereocenters. The van der Waals surface area contributed by atoms with Crippen molar-refractivity contribution < 1.29 is 4.79 Å². The Bertz CT molecular complexity index is 628. The monoisotopic (exact) mass is 318 g/mol. The van der Waals surface area contributed by atoms with Gasteiger partial charge in [0, 0.05) is 17.6 Å². The van der Waals surface area contributed by atoms with E-state index in [1.807, 2.05) is 44.2 Å². The highest BCUT2D eigenvalue weighted by molar-refractivity contribution is 6.31. The summed E-state index contributed by atoms with van der Waals surface area (Å²) in [5.41, 5.74) is 1.87. The van der Waals surface area contributed by atoms with E-state index >= 15 is 0 Å². The zero-order valence-electron chi connectivity index (χ0n) is 12.6. The third kappa shape index (κ3) is 4.93. The Morgan fingerprint density at radius 2 is 2.00 bits per heavy atom. The van der Waals surface area contributed by atoms with Crippen molar-refractivity contribution in [3.05, 3.63) is 53.2 Å². The second-order valence-electron chi connectivity index (χ2n) is 5.13. The van der Waals surface area contributed by atoms with Crippen LogP contribution in [0.25, 0.3) is 0 Å². The van der Waals surface area contributed by atoms with Gasteiger partial charge in [-0.05, 0) is 37.6 Å². The normalized spacial score (nSPS) is 10.4. The molecule has 1 heterocycles. The molecule has 1 aromatic carbocycles. The van der Waals surface area contributed by atoms with Crippen molar-refractivity contribution >= 4 is 29.1 Å². The van der Waals surface area contributed by atoms with Crippen LogP contribution in [0.15, 0.2) is 42.6 Å². The van der Waals surface area contributed by atoms with Crippen molar-refractivity contribution in [3.63, 3.8) is 0 Å². The first-order chi connectivity index (χ1) is 10.5. The second kappa shape index (κ2) is 7.66. The van der Waals surface area contributed by atoms with E-state index in [-0.39, 0.29) is 12.1 Å². The number of aromatic nitrogens is 1. The molecule has 0 aliphatic carbocycles. The Balaban J connectivity index is 1.89. The number of pyridine rings is 1. The van der Waals surface area contributed by atoms with Crippen LogP contribution in [0.1, 0.15) is 19.4 Å². The molecule has 0 aliphatic heterocycles. The smallest absolute Gasteiger partial charge is 0.320 e. The minimum atomic E-state index is -0.265. The molecule has 6 heteroatoms. The van der Waals surface area contributed by atoms with E-state index in [0.29, 0.717) is 12.4 Å². The zero-order valence-corrected chi connectivity index (χ0v) is 13.3. The van der Waals surface area contributed by atoms with Gasteiger partial charge in [0.25, 0.3) is 0 Å². The molecule has 0 radical (unpaired) electrons. The van der Waals surface area contributed by atoms with Crippen molar-refractivity contribution in [1.82, 2.24) is 10.3 Å². The van der Waals surface area contributed by atoms with Gasteiger partial charge in [-0.1, -0.05) is 29.8 Å². The molecule has 0 saturated carbocycles. The van der Waals surface area contributed by atoms with E-state index in [1.165, 1.54) is 0 Å². The number of nitrogens with zero attached hydrogens (tertiary/aromatic N) is 1. The largest absolute Gasteiger partial charge is 0.380 e. The van der Waals surface area contributed by atoms with Crippen LogP contribution in [0.3, 0.4) is 0 Å². The number of halogens is 1. The first-order valence-corrected chi connectivity index (χ1v) is 7.43. The van der Waals surface area contributed by atoms with Gasteiger partial charge in [-0.25, -0.2) is 9.78 Å². The lowest BCUT2D eigenvalue weighted by molar-refractivity contribution is 0.250. The van der Waals surface area contributed by atoms with E-state index in [1.54, 1.807) is 12.3 Å². The quantitative estimate of drug-likeness (QED) is 0.784. The molecule has 0 bridgehead atoms. The number of hydrogen-bond acceptors (Lipinski definition) is 3. The van der Waals surface area contributed by atoms with Crippen molar-refractivity contribution in [1.29, 1.82) is 0 Å². The molecule has 0 aliphatic rings. The fourth-order valence-corrected chi connectivity index (χ4v) is 2.03. The van der Waals surface area contributed by atoms with Crippen molar-refractivity contribution in [2.45, 2.75) is 26.4 Å². The lowest BCUT2D eigenvalue weighted by atomic mass is 10.2. The molecule has 0 spiro atoms. The van der Waals surface area contributed by atoms with Crippen LogP contribution >= 0.6 is 11.6 Å². The van der Waals surface area contributed by atoms with Gasteiger partial charge in [-0.3, -0.25) is 5.32 Å². The molecule has 0 atom stereocenters. The number of benzene rings is 1. The van der Waals surface area contributed by atoms with Gasteiger partial charge >= 0.3 is 6.03 Å². The van der Waals surface area contributed by atoms with Gasteiger partial charge in [0.15, 0.2) is 0 Å². The van der Waals surface area contributed by atoms with Gasteiger partial charge in [-0.2, -0.15) is 0 Å². The molecule has 2 aromatic rings. The maximum atomic E-state index is 11.6. The van der Waals surface area contributed by atoms with Crippen LogP contribution < -0.4 is 16.0 Å². The number of urea groups is 1. The van der Waals surface area contributed by atoms with Gasteiger partial charge in [0.1, 0.15) is 5.82 Å². The van der Waals surface area contributed by atoms with Crippen LogP contribution in [-0.2, 0) is 6.54 Å². The average Bonchev–Trinajstić information content (AvgIpc) is 2.47. The van der Waals surface area contributed by atoms with Crippen molar-refractivity contribution in [3.8, 4) is 0 Å². The number of hydrogen-bond donors (Lipinski definition) is 3. The molecule has 1 aromatic heterocycles. The average molecular weight is 319 g/mol. The first kappa shape index (κ1) is 16.1. The third-order valence-corrected chi connectivity index (χ3v) is 3.23.